The van der Waals surface area contributed by atoms with Crippen LogP contribution in [0, 0.1) is 6.92 Å². The van der Waals surface area contributed by atoms with Crippen molar-refractivity contribution in [3.05, 3.63) is 21.4 Å². The zero-order valence-corrected chi connectivity index (χ0v) is 12.8. The molecule has 4 heteroatoms. The summed E-state index contributed by atoms with van der Waals surface area (Å²) in [6, 6.07) is 2.28. The highest BCUT2D eigenvalue weighted by atomic mass is 32.1. The maximum Gasteiger partial charge on any atom is 0.0277 e. The predicted octanol–water partition coefficient (Wildman–Crippen LogP) is 2.04. The van der Waals surface area contributed by atoms with Crippen molar-refractivity contribution in [1.29, 1.82) is 0 Å². The molecule has 1 aliphatic rings. The van der Waals surface area contributed by atoms with Gasteiger partial charge in [-0.3, -0.25) is 9.80 Å². The Kier molecular flexibility index (Phi) is 4.11. The van der Waals surface area contributed by atoms with E-state index in [0.29, 0.717) is 6.54 Å². The van der Waals surface area contributed by atoms with Gasteiger partial charge in [0.2, 0.25) is 0 Å². The summed E-state index contributed by atoms with van der Waals surface area (Å²) in [6.07, 6.45) is 0. The molecule has 0 saturated carbocycles. The minimum absolute atomic E-state index is 0.277. The Labute approximate surface area is 115 Å². The van der Waals surface area contributed by atoms with Crippen LogP contribution in [0.3, 0.4) is 0 Å². The lowest BCUT2D eigenvalue weighted by Gasteiger charge is -2.45. The second-order valence-electron chi connectivity index (χ2n) is 5.94. The highest BCUT2D eigenvalue weighted by Crippen LogP contribution is 2.25. The van der Waals surface area contributed by atoms with Crippen LogP contribution in [0.2, 0.25) is 0 Å². The van der Waals surface area contributed by atoms with Crippen molar-refractivity contribution in [1.82, 2.24) is 9.80 Å². The number of hydrogen-bond acceptors (Lipinski definition) is 4. The maximum absolute atomic E-state index is 5.72. The zero-order chi connectivity index (χ0) is 13.3. The van der Waals surface area contributed by atoms with Crippen molar-refractivity contribution in [3.63, 3.8) is 0 Å². The van der Waals surface area contributed by atoms with E-state index in [9.17, 15) is 0 Å². The van der Waals surface area contributed by atoms with E-state index < -0.39 is 0 Å². The molecule has 0 aliphatic carbocycles. The Balaban J connectivity index is 2.03. The highest BCUT2D eigenvalue weighted by molar-refractivity contribution is 7.12. The molecule has 3 nitrogen and oxygen atoms in total. The fourth-order valence-corrected chi connectivity index (χ4v) is 3.49. The first-order valence-electron chi connectivity index (χ1n) is 6.64. The number of hydrogen-bond donors (Lipinski definition) is 1. The summed E-state index contributed by atoms with van der Waals surface area (Å²) in [5.74, 6) is 0. The molecular weight excluding hydrogens is 242 g/mol. The van der Waals surface area contributed by atoms with Gasteiger partial charge in [0, 0.05) is 48.0 Å². The number of thiophene rings is 1. The number of nitrogens with two attached hydrogens (primary N) is 1. The maximum atomic E-state index is 5.72. The van der Waals surface area contributed by atoms with Crippen molar-refractivity contribution in [3.8, 4) is 0 Å². The molecule has 0 bridgehead atoms. The highest BCUT2D eigenvalue weighted by Gasteiger charge is 2.31. The summed E-state index contributed by atoms with van der Waals surface area (Å²) in [7, 11) is 2.22. The van der Waals surface area contributed by atoms with Gasteiger partial charge >= 0.3 is 0 Å². The van der Waals surface area contributed by atoms with E-state index in [2.05, 4.69) is 43.7 Å². The van der Waals surface area contributed by atoms with E-state index in [1.165, 1.54) is 15.3 Å². The third-order valence-electron chi connectivity index (χ3n) is 4.06. The molecular formula is C14H25N3S. The third kappa shape index (κ3) is 2.94. The molecule has 0 aromatic carbocycles. The van der Waals surface area contributed by atoms with Gasteiger partial charge < -0.3 is 5.73 Å². The molecule has 18 heavy (non-hydrogen) atoms. The molecule has 0 unspecified atom stereocenters. The summed E-state index contributed by atoms with van der Waals surface area (Å²) in [5.41, 5.74) is 7.45. The molecule has 2 rings (SSSR count). The van der Waals surface area contributed by atoms with Crippen molar-refractivity contribution < 1.29 is 0 Å². The smallest absolute Gasteiger partial charge is 0.0277 e. The van der Waals surface area contributed by atoms with Crippen molar-refractivity contribution >= 4 is 11.3 Å². The second kappa shape index (κ2) is 5.29. The van der Waals surface area contributed by atoms with Crippen LogP contribution >= 0.6 is 11.3 Å². The third-order valence-corrected chi connectivity index (χ3v) is 5.18. The van der Waals surface area contributed by atoms with Crippen LogP contribution in [0.1, 0.15) is 29.2 Å². The van der Waals surface area contributed by atoms with E-state index in [-0.39, 0.29) is 5.54 Å². The van der Waals surface area contributed by atoms with Gasteiger partial charge in [0.1, 0.15) is 0 Å². The summed E-state index contributed by atoms with van der Waals surface area (Å²) in [5, 5.41) is 0. The van der Waals surface area contributed by atoms with Crippen molar-refractivity contribution in [2.75, 3.05) is 26.7 Å². The van der Waals surface area contributed by atoms with Crippen molar-refractivity contribution in [2.24, 2.45) is 5.73 Å². The van der Waals surface area contributed by atoms with E-state index >= 15 is 0 Å². The normalized spacial score (nSPS) is 21.4. The van der Waals surface area contributed by atoms with Crippen LogP contribution in [0.25, 0.3) is 0 Å². The van der Waals surface area contributed by atoms with Crippen LogP contribution in [0.4, 0.5) is 0 Å². The van der Waals surface area contributed by atoms with E-state index in [1.54, 1.807) is 0 Å². The topological polar surface area (TPSA) is 32.5 Å². The molecule has 0 spiro atoms. The Morgan fingerprint density at radius 3 is 2.67 bits per heavy atom. The van der Waals surface area contributed by atoms with Crippen LogP contribution in [-0.2, 0) is 13.1 Å². The Hall–Kier alpha value is -0.420. The van der Waals surface area contributed by atoms with Gasteiger partial charge in [-0.05, 0) is 39.4 Å². The fourth-order valence-electron chi connectivity index (χ4n) is 2.56. The predicted molar refractivity (Wildman–Crippen MR) is 78.9 cm³/mol. The molecule has 0 radical (unpaired) electrons. The molecule has 0 atom stereocenters. The number of aryl methyl sites for hydroxylation is 1. The van der Waals surface area contributed by atoms with Gasteiger partial charge in [-0.15, -0.1) is 11.3 Å². The molecule has 102 valence electrons. The number of rotatable bonds is 3. The van der Waals surface area contributed by atoms with Gasteiger partial charge in [-0.1, -0.05) is 0 Å². The summed E-state index contributed by atoms with van der Waals surface area (Å²) >= 11 is 1.84. The van der Waals surface area contributed by atoms with Crippen LogP contribution < -0.4 is 5.73 Å². The molecule has 1 aliphatic heterocycles. The average Bonchev–Trinajstić information content (AvgIpc) is 2.65. The standard InChI is InChI=1S/C14H25N3S/c1-11-12(7-13(8-15)18-11)9-17-6-5-16(4)14(2,3)10-17/h7H,5-6,8-10,15H2,1-4H3. The number of piperazine rings is 1. The van der Waals surface area contributed by atoms with Gasteiger partial charge in [-0.25, -0.2) is 0 Å². The van der Waals surface area contributed by atoms with Crippen LogP contribution in [0.5, 0.6) is 0 Å². The van der Waals surface area contributed by atoms with Gasteiger partial charge in [0.25, 0.3) is 0 Å². The van der Waals surface area contributed by atoms with Crippen LogP contribution in [-0.4, -0.2) is 42.0 Å². The lowest BCUT2D eigenvalue weighted by atomic mass is 9.99. The summed E-state index contributed by atoms with van der Waals surface area (Å²) in [4.78, 5) is 7.74. The zero-order valence-electron chi connectivity index (χ0n) is 12.0. The number of nitrogens with zero attached hydrogens (tertiary/aromatic N) is 2. The molecule has 1 aromatic rings. The summed E-state index contributed by atoms with van der Waals surface area (Å²) < 4.78 is 0. The quantitative estimate of drug-likeness (QED) is 0.909. The first kappa shape index (κ1) is 14.0. The second-order valence-corrected chi connectivity index (χ2v) is 7.28. The number of likely N-dealkylation sites (N-methyl/N-ethyl adjacent to an activating group) is 1. The lowest BCUT2D eigenvalue weighted by molar-refractivity contribution is 0.0360. The van der Waals surface area contributed by atoms with Gasteiger partial charge in [-0.2, -0.15) is 0 Å². The van der Waals surface area contributed by atoms with E-state index in [0.717, 1.165) is 26.2 Å². The largest absolute Gasteiger partial charge is 0.326 e. The SMILES string of the molecule is Cc1sc(CN)cc1CN1CCN(C)C(C)(C)C1. The Bertz CT molecular complexity index is 411. The minimum atomic E-state index is 0.277. The fraction of sp³-hybridized carbons (Fsp3) is 0.714. The molecule has 1 aromatic heterocycles. The molecule has 2 N–H and O–H groups in total. The minimum Gasteiger partial charge on any atom is -0.326 e. The average molecular weight is 267 g/mol. The van der Waals surface area contributed by atoms with Gasteiger partial charge in [0.15, 0.2) is 0 Å². The Morgan fingerprint density at radius 2 is 2.11 bits per heavy atom. The molecule has 0 amide bonds. The van der Waals surface area contributed by atoms with Crippen LogP contribution in [0.15, 0.2) is 6.07 Å². The first-order chi connectivity index (χ1) is 8.42. The van der Waals surface area contributed by atoms with E-state index in [1.807, 2.05) is 11.3 Å². The Morgan fingerprint density at radius 1 is 1.39 bits per heavy atom. The summed E-state index contributed by atoms with van der Waals surface area (Å²) in [6.45, 7) is 12.0. The monoisotopic (exact) mass is 267 g/mol. The first-order valence-corrected chi connectivity index (χ1v) is 7.46. The van der Waals surface area contributed by atoms with Crippen molar-refractivity contribution in [2.45, 2.75) is 39.4 Å². The van der Waals surface area contributed by atoms with E-state index in [4.69, 9.17) is 5.73 Å². The molecule has 2 heterocycles. The molecule has 1 fully saturated rings. The lowest BCUT2D eigenvalue weighted by Crippen LogP contribution is -2.57. The van der Waals surface area contributed by atoms with Gasteiger partial charge in [0.05, 0.1) is 0 Å². The molecule has 1 saturated heterocycles.